The minimum Gasteiger partial charge on any atom is -0.462 e. The number of ether oxygens (including phenoxy) is 2. The predicted octanol–water partition coefficient (Wildman–Crippen LogP) is 3.36. The third-order valence-corrected chi connectivity index (χ3v) is 4.89. The first-order chi connectivity index (χ1) is 12.5. The molecule has 1 fully saturated rings. The van der Waals surface area contributed by atoms with Crippen molar-refractivity contribution in [2.45, 2.75) is 39.1 Å². The summed E-state index contributed by atoms with van der Waals surface area (Å²) < 4.78 is 30.3. The Balaban J connectivity index is 1.40. The molecule has 0 unspecified atom stereocenters. The minimum absolute atomic E-state index is 0.201. The molecule has 8 heteroatoms. The Morgan fingerprint density at radius 2 is 2.08 bits per heavy atom. The number of benzene rings is 1. The number of carbonyl (C=O) groups excluding carboxylic acids is 1. The summed E-state index contributed by atoms with van der Waals surface area (Å²) in [4.78, 5) is 14.2. The summed E-state index contributed by atoms with van der Waals surface area (Å²) in [6.07, 6.45) is 1.08. The average Bonchev–Trinajstić information content (AvgIpc) is 2.94. The number of hydrogen-bond donors (Lipinski definition) is 1. The van der Waals surface area contributed by atoms with Crippen LogP contribution in [0, 0.1) is 19.7 Å². The fourth-order valence-corrected chi connectivity index (χ4v) is 3.34. The number of hydrogen-bond acceptors (Lipinski definition) is 5. The van der Waals surface area contributed by atoms with Gasteiger partial charge in [-0.15, -0.1) is 0 Å². The highest BCUT2D eigenvalue weighted by Crippen LogP contribution is 2.37. The van der Waals surface area contributed by atoms with E-state index in [-0.39, 0.29) is 11.8 Å². The number of nitrogens with zero attached hydrogens (tertiary/aromatic N) is 2. The standard InChI is InChI=1S/C18H20FN3O4/c1-11-16(12(2)26-21-11)20-17(23)22-7-5-18(6-8-22)24-10-13-9-14(19)3-4-15(13)25-18/h3-4,9H,5-8,10H2,1-2H3,(H,20,23). The van der Waals surface area contributed by atoms with Crippen molar-refractivity contribution in [1.82, 2.24) is 10.1 Å². The van der Waals surface area contributed by atoms with Gasteiger partial charge in [0.15, 0.2) is 5.76 Å². The third-order valence-electron chi connectivity index (χ3n) is 4.89. The number of halogens is 1. The Hall–Kier alpha value is -2.61. The number of carbonyl (C=O) groups is 1. The molecular weight excluding hydrogens is 341 g/mol. The number of fused-ring (bicyclic) bond motifs is 1. The zero-order valence-electron chi connectivity index (χ0n) is 14.7. The number of aromatic nitrogens is 1. The SMILES string of the molecule is Cc1noc(C)c1NC(=O)N1CCC2(CC1)OCc1cc(F)ccc1O2. The van der Waals surface area contributed by atoms with Gasteiger partial charge in [0.25, 0.3) is 0 Å². The number of nitrogens with one attached hydrogen (secondary N) is 1. The summed E-state index contributed by atoms with van der Waals surface area (Å²) >= 11 is 0. The van der Waals surface area contributed by atoms with E-state index in [4.69, 9.17) is 14.0 Å². The fourth-order valence-electron chi connectivity index (χ4n) is 3.34. The van der Waals surface area contributed by atoms with Gasteiger partial charge in [0.05, 0.1) is 6.61 Å². The Labute approximate surface area is 150 Å². The van der Waals surface area contributed by atoms with Crippen LogP contribution in [0.1, 0.15) is 29.9 Å². The number of likely N-dealkylation sites (tertiary alicyclic amines) is 1. The molecular formula is C18H20FN3O4. The number of amides is 2. The van der Waals surface area contributed by atoms with E-state index in [9.17, 15) is 9.18 Å². The maximum absolute atomic E-state index is 13.3. The molecule has 26 heavy (non-hydrogen) atoms. The van der Waals surface area contributed by atoms with Crippen LogP contribution < -0.4 is 10.1 Å². The molecule has 1 saturated heterocycles. The lowest BCUT2D eigenvalue weighted by Crippen LogP contribution is -2.53. The van der Waals surface area contributed by atoms with Crippen LogP contribution in [0.15, 0.2) is 22.7 Å². The van der Waals surface area contributed by atoms with Crippen molar-refractivity contribution in [3.8, 4) is 5.75 Å². The summed E-state index contributed by atoms with van der Waals surface area (Å²) in [5.74, 6) is 0.154. The molecule has 1 aromatic heterocycles. The monoisotopic (exact) mass is 361 g/mol. The second-order valence-electron chi connectivity index (χ2n) is 6.67. The molecule has 2 aromatic rings. The number of piperidine rings is 1. The van der Waals surface area contributed by atoms with Crippen molar-refractivity contribution in [1.29, 1.82) is 0 Å². The van der Waals surface area contributed by atoms with Crippen molar-refractivity contribution in [2.24, 2.45) is 0 Å². The molecule has 1 N–H and O–H groups in total. The van der Waals surface area contributed by atoms with Crippen LogP contribution in [0.25, 0.3) is 0 Å². The second-order valence-corrected chi connectivity index (χ2v) is 6.67. The molecule has 138 valence electrons. The van der Waals surface area contributed by atoms with Crippen molar-refractivity contribution in [3.63, 3.8) is 0 Å². The number of anilines is 1. The lowest BCUT2D eigenvalue weighted by Gasteiger charge is -2.43. The van der Waals surface area contributed by atoms with E-state index in [2.05, 4.69) is 10.5 Å². The molecule has 3 heterocycles. The van der Waals surface area contributed by atoms with Gasteiger partial charge in [0.1, 0.15) is 22.9 Å². The maximum Gasteiger partial charge on any atom is 0.321 e. The Kier molecular flexibility index (Phi) is 4.07. The lowest BCUT2D eigenvalue weighted by molar-refractivity contribution is -0.225. The van der Waals surface area contributed by atoms with Crippen LogP contribution in [0.4, 0.5) is 14.9 Å². The summed E-state index contributed by atoms with van der Waals surface area (Å²) in [5.41, 5.74) is 1.96. The normalized spacial score (nSPS) is 18.3. The molecule has 0 radical (unpaired) electrons. The highest BCUT2D eigenvalue weighted by Gasteiger charge is 2.42. The van der Waals surface area contributed by atoms with Gasteiger partial charge in [-0.3, -0.25) is 0 Å². The van der Waals surface area contributed by atoms with Crippen LogP contribution in [0.5, 0.6) is 5.75 Å². The van der Waals surface area contributed by atoms with Crippen LogP contribution in [0.3, 0.4) is 0 Å². The van der Waals surface area contributed by atoms with Gasteiger partial charge < -0.3 is 24.2 Å². The highest BCUT2D eigenvalue weighted by molar-refractivity contribution is 5.90. The van der Waals surface area contributed by atoms with E-state index in [1.54, 1.807) is 24.8 Å². The first-order valence-corrected chi connectivity index (χ1v) is 8.56. The van der Waals surface area contributed by atoms with Crippen LogP contribution in [-0.2, 0) is 11.3 Å². The quantitative estimate of drug-likeness (QED) is 0.843. The van der Waals surface area contributed by atoms with Crippen LogP contribution >= 0.6 is 0 Å². The first kappa shape index (κ1) is 16.8. The van der Waals surface area contributed by atoms with Gasteiger partial charge in [-0.1, -0.05) is 5.16 Å². The summed E-state index contributed by atoms with van der Waals surface area (Å²) in [6, 6.07) is 4.23. The maximum atomic E-state index is 13.3. The predicted molar refractivity (Wildman–Crippen MR) is 90.4 cm³/mol. The molecule has 1 aromatic carbocycles. The Morgan fingerprint density at radius 3 is 2.77 bits per heavy atom. The largest absolute Gasteiger partial charge is 0.462 e. The zero-order chi connectivity index (χ0) is 18.3. The number of urea groups is 1. The van der Waals surface area contributed by atoms with Gasteiger partial charge in [0, 0.05) is 31.5 Å². The molecule has 4 rings (SSSR count). The van der Waals surface area contributed by atoms with Gasteiger partial charge in [-0.25, -0.2) is 9.18 Å². The zero-order valence-corrected chi connectivity index (χ0v) is 14.7. The van der Waals surface area contributed by atoms with Crippen molar-refractivity contribution < 1.29 is 23.2 Å². The van der Waals surface area contributed by atoms with E-state index in [0.29, 0.717) is 61.0 Å². The number of aryl methyl sites for hydroxylation is 2. The van der Waals surface area contributed by atoms with E-state index in [1.807, 2.05) is 0 Å². The van der Waals surface area contributed by atoms with Crippen LogP contribution in [-0.4, -0.2) is 35.0 Å². The Morgan fingerprint density at radius 1 is 1.31 bits per heavy atom. The molecule has 0 aliphatic carbocycles. The first-order valence-electron chi connectivity index (χ1n) is 8.56. The van der Waals surface area contributed by atoms with E-state index in [0.717, 1.165) is 0 Å². The molecule has 2 aliphatic heterocycles. The summed E-state index contributed by atoms with van der Waals surface area (Å²) in [7, 11) is 0. The van der Waals surface area contributed by atoms with Crippen molar-refractivity contribution in [3.05, 3.63) is 41.0 Å². The third kappa shape index (κ3) is 3.01. The molecule has 7 nitrogen and oxygen atoms in total. The van der Waals surface area contributed by atoms with E-state index < -0.39 is 5.79 Å². The average molecular weight is 361 g/mol. The van der Waals surface area contributed by atoms with E-state index in [1.165, 1.54) is 12.1 Å². The highest BCUT2D eigenvalue weighted by atomic mass is 19.1. The molecule has 1 spiro atoms. The van der Waals surface area contributed by atoms with Gasteiger partial charge in [0.2, 0.25) is 5.79 Å². The topological polar surface area (TPSA) is 76.8 Å². The van der Waals surface area contributed by atoms with Gasteiger partial charge in [-0.05, 0) is 32.0 Å². The number of rotatable bonds is 1. The summed E-state index contributed by atoms with van der Waals surface area (Å²) in [6.45, 7) is 4.82. The summed E-state index contributed by atoms with van der Waals surface area (Å²) in [5, 5.41) is 6.68. The van der Waals surface area contributed by atoms with Gasteiger partial charge >= 0.3 is 6.03 Å². The smallest absolute Gasteiger partial charge is 0.321 e. The molecule has 2 amide bonds. The van der Waals surface area contributed by atoms with Gasteiger partial charge in [-0.2, -0.15) is 0 Å². The van der Waals surface area contributed by atoms with Crippen molar-refractivity contribution in [2.75, 3.05) is 18.4 Å². The van der Waals surface area contributed by atoms with Crippen LogP contribution in [0.2, 0.25) is 0 Å². The van der Waals surface area contributed by atoms with Crippen molar-refractivity contribution >= 4 is 11.7 Å². The molecule has 0 saturated carbocycles. The van der Waals surface area contributed by atoms with E-state index >= 15 is 0 Å². The molecule has 0 atom stereocenters. The molecule has 2 aliphatic rings. The lowest BCUT2D eigenvalue weighted by atomic mass is 10.0. The minimum atomic E-state index is -0.759. The second kappa shape index (κ2) is 6.28. The molecule has 0 bridgehead atoms. The fraction of sp³-hybridized carbons (Fsp3) is 0.444. The Bertz CT molecular complexity index is 823.